The van der Waals surface area contributed by atoms with Crippen molar-refractivity contribution in [2.45, 2.75) is 19.9 Å². The van der Waals surface area contributed by atoms with Gasteiger partial charge >= 0.3 is 5.97 Å². The lowest BCUT2D eigenvalue weighted by atomic mass is 10.1. The summed E-state index contributed by atoms with van der Waals surface area (Å²) in [4.78, 5) is 50.7. The van der Waals surface area contributed by atoms with E-state index in [2.05, 4.69) is 0 Å². The van der Waals surface area contributed by atoms with Gasteiger partial charge in [-0.15, -0.1) is 0 Å². The van der Waals surface area contributed by atoms with E-state index in [-0.39, 0.29) is 17.2 Å². The molecule has 2 fully saturated rings. The average molecular weight is 435 g/mol. The zero-order valence-electron chi connectivity index (χ0n) is 16.5. The quantitative estimate of drug-likeness (QED) is 0.287. The molecule has 2 saturated heterocycles. The average Bonchev–Trinajstić information content (AvgIpc) is 3.01. The third kappa shape index (κ3) is 4.46. The van der Waals surface area contributed by atoms with Crippen LogP contribution in [0.1, 0.15) is 19.4 Å². The number of amides is 2. The Labute approximate surface area is 176 Å². The number of nitrogens with zero attached hydrogens (tertiary/aromatic N) is 3. The first-order valence-electron chi connectivity index (χ1n) is 9.38. The van der Waals surface area contributed by atoms with Crippen molar-refractivity contribution in [2.75, 3.05) is 37.8 Å². The molecule has 2 aliphatic rings. The van der Waals surface area contributed by atoms with Gasteiger partial charge in [0, 0.05) is 19.2 Å². The van der Waals surface area contributed by atoms with Crippen LogP contribution in [0.25, 0.3) is 6.08 Å². The summed E-state index contributed by atoms with van der Waals surface area (Å²) in [5.41, 5.74) is 0.794. The molecule has 11 heteroatoms. The van der Waals surface area contributed by atoms with Crippen LogP contribution >= 0.6 is 11.8 Å². The lowest BCUT2D eigenvalue weighted by Gasteiger charge is -2.28. The van der Waals surface area contributed by atoms with Crippen LogP contribution in [-0.2, 0) is 19.1 Å². The normalized spacial score (nSPS) is 19.3. The molecule has 0 bridgehead atoms. The Morgan fingerprint density at radius 1 is 1.37 bits per heavy atom. The molecule has 1 aromatic rings. The Morgan fingerprint density at radius 3 is 2.70 bits per heavy atom. The number of nitro benzene ring substituents is 1. The Hall–Kier alpha value is -2.92. The van der Waals surface area contributed by atoms with Crippen molar-refractivity contribution in [3.05, 3.63) is 38.8 Å². The second-order valence-electron chi connectivity index (χ2n) is 6.58. The number of carbonyl (C=O) groups is 3. The molecule has 3 rings (SSSR count). The Kier molecular flexibility index (Phi) is 6.73. The van der Waals surface area contributed by atoms with Crippen molar-refractivity contribution in [3.8, 4) is 0 Å². The van der Waals surface area contributed by atoms with Crippen LogP contribution in [0.3, 0.4) is 0 Å². The van der Waals surface area contributed by atoms with Gasteiger partial charge in [0.25, 0.3) is 16.8 Å². The van der Waals surface area contributed by atoms with Gasteiger partial charge in [0.15, 0.2) is 0 Å². The van der Waals surface area contributed by atoms with Crippen molar-refractivity contribution in [2.24, 2.45) is 0 Å². The molecule has 0 unspecified atom stereocenters. The number of benzene rings is 1. The van der Waals surface area contributed by atoms with E-state index < -0.39 is 28.1 Å². The molecular weight excluding hydrogens is 414 g/mol. The fourth-order valence-electron chi connectivity index (χ4n) is 3.18. The number of esters is 1. The Balaban J connectivity index is 1.86. The van der Waals surface area contributed by atoms with Gasteiger partial charge < -0.3 is 14.4 Å². The molecule has 160 valence electrons. The molecular formula is C19H21N3O7S. The second-order valence-corrected chi connectivity index (χ2v) is 7.58. The number of ether oxygens (including phenoxy) is 2. The van der Waals surface area contributed by atoms with Gasteiger partial charge in [-0.1, -0.05) is 6.07 Å². The van der Waals surface area contributed by atoms with Gasteiger partial charge in [0.1, 0.15) is 11.7 Å². The minimum Gasteiger partial charge on any atom is -0.464 e. The van der Waals surface area contributed by atoms with Gasteiger partial charge in [-0.2, -0.15) is 0 Å². The summed E-state index contributed by atoms with van der Waals surface area (Å²) in [5.74, 6) is -1.31. The van der Waals surface area contributed by atoms with Crippen molar-refractivity contribution < 1.29 is 28.8 Å². The summed E-state index contributed by atoms with van der Waals surface area (Å²) in [6.07, 6.45) is 1.42. The molecule has 0 radical (unpaired) electrons. The highest BCUT2D eigenvalue weighted by Crippen LogP contribution is 2.36. The van der Waals surface area contributed by atoms with E-state index in [0.717, 1.165) is 4.90 Å². The fraction of sp³-hybridized carbons (Fsp3) is 0.421. The van der Waals surface area contributed by atoms with Gasteiger partial charge in [-0.25, -0.2) is 4.79 Å². The molecule has 0 aromatic heterocycles. The smallest absolute Gasteiger partial charge is 0.329 e. The molecule has 2 amide bonds. The van der Waals surface area contributed by atoms with E-state index >= 15 is 0 Å². The number of anilines is 1. The van der Waals surface area contributed by atoms with Crippen LogP contribution < -0.4 is 4.90 Å². The maximum Gasteiger partial charge on any atom is 0.329 e. The van der Waals surface area contributed by atoms with Crippen molar-refractivity contribution in [3.63, 3.8) is 0 Å². The summed E-state index contributed by atoms with van der Waals surface area (Å²) < 4.78 is 10.2. The van der Waals surface area contributed by atoms with Gasteiger partial charge in [-0.05, 0) is 43.3 Å². The van der Waals surface area contributed by atoms with E-state index in [9.17, 15) is 24.5 Å². The molecule has 2 aliphatic heterocycles. The minimum atomic E-state index is -1.05. The SMILES string of the molecule is CCOC(=O)[C@H](C)N1C(=O)S/C(=C/c2ccc(N3CCOCC3)c([N+](=O)[O-])c2)C1=O. The van der Waals surface area contributed by atoms with Crippen molar-refractivity contribution in [1.29, 1.82) is 0 Å². The third-order valence-corrected chi connectivity index (χ3v) is 5.57. The van der Waals surface area contributed by atoms with Crippen LogP contribution in [0.15, 0.2) is 23.1 Å². The van der Waals surface area contributed by atoms with E-state index in [0.29, 0.717) is 49.3 Å². The Bertz CT molecular complexity index is 911. The highest BCUT2D eigenvalue weighted by Gasteiger charge is 2.41. The molecule has 30 heavy (non-hydrogen) atoms. The molecule has 1 atom stereocenters. The monoisotopic (exact) mass is 435 g/mol. The van der Waals surface area contributed by atoms with Crippen LogP contribution in [0.5, 0.6) is 0 Å². The minimum absolute atomic E-state index is 0.0876. The number of nitro groups is 1. The van der Waals surface area contributed by atoms with E-state index in [1.807, 2.05) is 4.90 Å². The topological polar surface area (TPSA) is 119 Å². The number of hydrogen-bond acceptors (Lipinski definition) is 9. The van der Waals surface area contributed by atoms with Gasteiger partial charge in [0.2, 0.25) is 0 Å². The molecule has 0 spiro atoms. The molecule has 0 aliphatic carbocycles. The molecule has 2 heterocycles. The number of hydrogen-bond donors (Lipinski definition) is 0. The maximum atomic E-state index is 12.7. The Morgan fingerprint density at radius 2 is 2.07 bits per heavy atom. The number of imide groups is 1. The summed E-state index contributed by atoms with van der Waals surface area (Å²) in [7, 11) is 0. The highest BCUT2D eigenvalue weighted by atomic mass is 32.2. The third-order valence-electron chi connectivity index (χ3n) is 4.68. The molecule has 1 aromatic carbocycles. The van der Waals surface area contributed by atoms with E-state index in [1.165, 1.54) is 19.1 Å². The van der Waals surface area contributed by atoms with E-state index in [1.54, 1.807) is 19.1 Å². The van der Waals surface area contributed by atoms with Crippen molar-refractivity contribution >= 4 is 46.3 Å². The second kappa shape index (κ2) is 9.26. The van der Waals surface area contributed by atoms with Gasteiger partial charge in [0.05, 0.1) is 29.6 Å². The first kappa shape index (κ1) is 21.8. The van der Waals surface area contributed by atoms with Crippen LogP contribution in [0.2, 0.25) is 0 Å². The van der Waals surface area contributed by atoms with Crippen LogP contribution in [0.4, 0.5) is 16.2 Å². The first-order valence-corrected chi connectivity index (χ1v) is 10.2. The number of carbonyl (C=O) groups excluding carboxylic acids is 3. The molecule has 0 saturated carbocycles. The number of morpholine rings is 1. The summed E-state index contributed by atoms with van der Waals surface area (Å²) >= 11 is 0.681. The number of rotatable bonds is 6. The molecule has 0 N–H and O–H groups in total. The fourth-order valence-corrected chi connectivity index (χ4v) is 4.09. The zero-order valence-corrected chi connectivity index (χ0v) is 17.3. The lowest BCUT2D eigenvalue weighted by molar-refractivity contribution is -0.384. The van der Waals surface area contributed by atoms with Gasteiger partial charge in [-0.3, -0.25) is 24.6 Å². The highest BCUT2D eigenvalue weighted by molar-refractivity contribution is 8.18. The van der Waals surface area contributed by atoms with E-state index in [4.69, 9.17) is 9.47 Å². The maximum absolute atomic E-state index is 12.7. The zero-order chi connectivity index (χ0) is 21.8. The van der Waals surface area contributed by atoms with Crippen LogP contribution in [-0.4, -0.2) is 65.9 Å². The predicted octanol–water partition coefficient (Wildman–Crippen LogP) is 2.42. The standard InChI is InChI=1S/C19H21N3O7S/c1-3-29-18(24)12(2)21-17(23)16(30-19(21)25)11-13-4-5-14(15(10-13)22(26)27)20-6-8-28-9-7-20/h4-5,10-12H,3,6-9H2,1-2H3/b16-11+/t12-/m0/s1. The summed E-state index contributed by atoms with van der Waals surface area (Å²) in [6, 6.07) is 3.59. The largest absolute Gasteiger partial charge is 0.464 e. The lowest BCUT2D eigenvalue weighted by Crippen LogP contribution is -2.42. The summed E-state index contributed by atoms with van der Waals surface area (Å²) in [6.45, 7) is 5.25. The number of thioether (sulfide) groups is 1. The van der Waals surface area contributed by atoms with Crippen LogP contribution in [0, 0.1) is 10.1 Å². The molecule has 10 nitrogen and oxygen atoms in total. The summed E-state index contributed by atoms with van der Waals surface area (Å²) in [5, 5.41) is 11.0. The van der Waals surface area contributed by atoms with Crippen molar-refractivity contribution in [1.82, 2.24) is 4.90 Å². The first-order chi connectivity index (χ1) is 14.3. The predicted molar refractivity (Wildman–Crippen MR) is 110 cm³/mol.